The standard InChI is InChI=1S/C33H25F8NO2/c34-27-8-5-9-28(35)31(27)24-17-21(18-43-29-10-3-1-6-25(29)32(36,37)38)23(20-12-14-42-15-13-20)16-22(24)19-44-30-11-4-2-7-26(30)33(39,40)41/h1-12,16-17,42H,13-15,18-19H2. The largest absolute Gasteiger partial charge is 0.488 e. The molecule has 44 heavy (non-hydrogen) atoms. The topological polar surface area (TPSA) is 30.5 Å². The maximum atomic E-state index is 15.1. The maximum absolute atomic E-state index is 15.1. The lowest BCUT2D eigenvalue weighted by Crippen LogP contribution is -2.20. The Morgan fingerprint density at radius 2 is 1.14 bits per heavy atom. The molecule has 0 aliphatic carbocycles. The third-order valence-electron chi connectivity index (χ3n) is 7.12. The van der Waals surface area contributed by atoms with Crippen molar-refractivity contribution in [3.8, 4) is 22.6 Å². The van der Waals surface area contributed by atoms with E-state index in [-0.39, 0.29) is 11.1 Å². The average Bonchev–Trinajstić information content (AvgIpc) is 2.99. The molecule has 1 aliphatic heterocycles. The van der Waals surface area contributed by atoms with Crippen molar-refractivity contribution in [2.75, 3.05) is 13.1 Å². The molecule has 0 saturated heterocycles. The van der Waals surface area contributed by atoms with Crippen molar-refractivity contribution in [3.05, 3.63) is 124 Å². The average molecular weight is 620 g/mol. The summed E-state index contributed by atoms with van der Waals surface area (Å²) in [6.45, 7) is 0.180. The van der Waals surface area contributed by atoms with E-state index >= 15 is 8.78 Å². The number of alkyl halides is 6. The highest BCUT2D eigenvalue weighted by atomic mass is 19.4. The van der Waals surface area contributed by atoms with Gasteiger partial charge in [-0.05, 0) is 89.3 Å². The molecule has 0 bridgehead atoms. The molecule has 5 rings (SSSR count). The van der Waals surface area contributed by atoms with Crippen molar-refractivity contribution in [2.24, 2.45) is 0 Å². The van der Waals surface area contributed by atoms with E-state index in [1.54, 1.807) is 6.07 Å². The van der Waals surface area contributed by atoms with Gasteiger partial charge in [0.1, 0.15) is 36.3 Å². The first kappa shape index (κ1) is 31.1. The van der Waals surface area contributed by atoms with E-state index in [1.165, 1.54) is 36.4 Å². The molecule has 0 saturated carbocycles. The van der Waals surface area contributed by atoms with Crippen molar-refractivity contribution in [2.45, 2.75) is 32.0 Å². The highest BCUT2D eigenvalue weighted by molar-refractivity contribution is 5.77. The van der Waals surface area contributed by atoms with Gasteiger partial charge in [0.05, 0.1) is 16.7 Å². The number of hydrogen-bond acceptors (Lipinski definition) is 3. The molecule has 230 valence electrons. The normalized spacial score (nSPS) is 13.9. The molecule has 0 aromatic heterocycles. The lowest BCUT2D eigenvalue weighted by atomic mass is 9.88. The molecule has 0 unspecified atom stereocenters. The number of hydrogen-bond donors (Lipinski definition) is 1. The smallest absolute Gasteiger partial charge is 0.419 e. The second-order valence-electron chi connectivity index (χ2n) is 10.0. The molecule has 3 nitrogen and oxygen atoms in total. The Kier molecular flexibility index (Phi) is 8.96. The lowest BCUT2D eigenvalue weighted by Gasteiger charge is -2.23. The fraction of sp³-hybridized carbons (Fsp3) is 0.212. The van der Waals surface area contributed by atoms with Crippen molar-refractivity contribution < 1.29 is 44.6 Å². The highest BCUT2D eigenvalue weighted by Gasteiger charge is 2.35. The molecule has 1 N–H and O–H groups in total. The van der Waals surface area contributed by atoms with Gasteiger partial charge in [-0.3, -0.25) is 0 Å². The zero-order chi connectivity index (χ0) is 31.5. The third-order valence-corrected chi connectivity index (χ3v) is 7.12. The van der Waals surface area contributed by atoms with Crippen LogP contribution in [0.5, 0.6) is 11.5 Å². The second-order valence-corrected chi connectivity index (χ2v) is 10.0. The number of benzene rings is 4. The summed E-state index contributed by atoms with van der Waals surface area (Å²) in [7, 11) is 0. The summed E-state index contributed by atoms with van der Waals surface area (Å²) in [5, 5.41) is 3.16. The summed E-state index contributed by atoms with van der Waals surface area (Å²) in [5.41, 5.74) is -0.719. The van der Waals surface area contributed by atoms with Crippen LogP contribution in [0.2, 0.25) is 0 Å². The van der Waals surface area contributed by atoms with Gasteiger partial charge >= 0.3 is 12.4 Å². The van der Waals surface area contributed by atoms with E-state index in [1.807, 2.05) is 6.08 Å². The van der Waals surface area contributed by atoms with Gasteiger partial charge in [0.15, 0.2) is 0 Å². The Morgan fingerprint density at radius 3 is 1.64 bits per heavy atom. The van der Waals surface area contributed by atoms with E-state index in [4.69, 9.17) is 9.47 Å². The highest BCUT2D eigenvalue weighted by Crippen LogP contribution is 2.40. The number of para-hydroxylation sites is 2. The quantitative estimate of drug-likeness (QED) is 0.200. The first-order chi connectivity index (χ1) is 20.9. The Morgan fingerprint density at radius 1 is 0.636 bits per heavy atom. The van der Waals surface area contributed by atoms with Crippen LogP contribution in [-0.4, -0.2) is 13.1 Å². The molecule has 4 aromatic carbocycles. The number of rotatable bonds is 8. The van der Waals surface area contributed by atoms with E-state index in [2.05, 4.69) is 5.32 Å². The van der Waals surface area contributed by atoms with Crippen molar-refractivity contribution in [1.29, 1.82) is 0 Å². The van der Waals surface area contributed by atoms with Crippen LogP contribution in [0.25, 0.3) is 16.7 Å². The van der Waals surface area contributed by atoms with Crippen molar-refractivity contribution in [3.63, 3.8) is 0 Å². The predicted octanol–water partition coefficient (Wildman–Crippen LogP) is 9.20. The van der Waals surface area contributed by atoms with Crippen LogP contribution in [0.1, 0.15) is 34.2 Å². The van der Waals surface area contributed by atoms with Crippen LogP contribution in [0, 0.1) is 11.6 Å². The van der Waals surface area contributed by atoms with Gasteiger partial charge in [0, 0.05) is 6.54 Å². The second kappa shape index (κ2) is 12.7. The van der Waals surface area contributed by atoms with Crippen LogP contribution < -0.4 is 14.8 Å². The van der Waals surface area contributed by atoms with Gasteiger partial charge in [-0.2, -0.15) is 26.3 Å². The monoisotopic (exact) mass is 619 g/mol. The molecular weight excluding hydrogens is 594 g/mol. The van der Waals surface area contributed by atoms with Gasteiger partial charge in [-0.25, -0.2) is 8.78 Å². The minimum atomic E-state index is -4.71. The number of halogens is 8. The molecule has 0 spiro atoms. The summed E-state index contributed by atoms with van der Waals surface area (Å²) < 4.78 is 123. The minimum Gasteiger partial charge on any atom is -0.488 e. The zero-order valence-corrected chi connectivity index (χ0v) is 23.0. The summed E-state index contributed by atoms with van der Waals surface area (Å²) in [6.07, 6.45) is -7.03. The summed E-state index contributed by atoms with van der Waals surface area (Å²) in [4.78, 5) is 0. The first-order valence-corrected chi connectivity index (χ1v) is 13.5. The molecule has 0 radical (unpaired) electrons. The van der Waals surface area contributed by atoms with Crippen LogP contribution in [0.3, 0.4) is 0 Å². The first-order valence-electron chi connectivity index (χ1n) is 13.5. The summed E-state index contributed by atoms with van der Waals surface area (Å²) in [5.74, 6) is -2.78. The molecule has 4 aromatic rings. The molecule has 0 atom stereocenters. The third kappa shape index (κ3) is 6.88. The maximum Gasteiger partial charge on any atom is 0.419 e. The van der Waals surface area contributed by atoms with Crippen molar-refractivity contribution in [1.82, 2.24) is 5.32 Å². The van der Waals surface area contributed by atoms with Crippen LogP contribution in [-0.2, 0) is 25.6 Å². The molecule has 11 heteroatoms. The van der Waals surface area contributed by atoms with Gasteiger partial charge in [-0.1, -0.05) is 36.4 Å². The van der Waals surface area contributed by atoms with Gasteiger partial charge in [0.25, 0.3) is 0 Å². The Hall–Kier alpha value is -4.38. The van der Waals surface area contributed by atoms with E-state index in [0.29, 0.717) is 30.6 Å². The van der Waals surface area contributed by atoms with E-state index < -0.39 is 65.4 Å². The molecule has 1 aliphatic rings. The van der Waals surface area contributed by atoms with Crippen LogP contribution in [0.4, 0.5) is 35.1 Å². The van der Waals surface area contributed by atoms with E-state index in [9.17, 15) is 26.3 Å². The van der Waals surface area contributed by atoms with Gasteiger partial charge < -0.3 is 14.8 Å². The Bertz CT molecular complexity index is 1660. The van der Waals surface area contributed by atoms with Gasteiger partial charge in [0.2, 0.25) is 0 Å². The summed E-state index contributed by atoms with van der Waals surface area (Å²) in [6, 6.07) is 15.4. The molecular formula is C33H25F8NO2. The Balaban J connectivity index is 1.63. The molecule has 0 fully saturated rings. The van der Waals surface area contributed by atoms with Crippen molar-refractivity contribution >= 4 is 5.57 Å². The molecule has 1 heterocycles. The zero-order valence-electron chi connectivity index (χ0n) is 23.0. The van der Waals surface area contributed by atoms with E-state index in [0.717, 1.165) is 42.0 Å². The van der Waals surface area contributed by atoms with Crippen LogP contribution in [0.15, 0.2) is 84.9 Å². The minimum absolute atomic E-state index is 0.0360. The number of nitrogens with one attached hydrogen (secondary N) is 1. The summed E-state index contributed by atoms with van der Waals surface area (Å²) >= 11 is 0. The fourth-order valence-corrected chi connectivity index (χ4v) is 5.05. The predicted molar refractivity (Wildman–Crippen MR) is 149 cm³/mol. The van der Waals surface area contributed by atoms with Crippen LogP contribution >= 0.6 is 0 Å². The van der Waals surface area contributed by atoms with Gasteiger partial charge in [-0.15, -0.1) is 0 Å². The number of ether oxygens (including phenoxy) is 2. The molecule has 0 amide bonds. The Labute approximate surface area is 247 Å². The fourth-order valence-electron chi connectivity index (χ4n) is 5.05. The SMILES string of the molecule is Fc1cccc(F)c1-c1cc(COc2ccccc2C(F)(F)F)c(C2=CCNCC2)cc1COc1ccccc1C(F)(F)F. The lowest BCUT2D eigenvalue weighted by molar-refractivity contribution is -0.139.